The summed E-state index contributed by atoms with van der Waals surface area (Å²) in [6, 6.07) is 9.73. The number of benzene rings is 2. The smallest absolute Gasteiger partial charge is 0.256 e. The maximum atomic E-state index is 12.2. The number of carbonyl (C=O) groups excluding carboxylic acids is 3. The molecule has 112 valence electrons. The summed E-state index contributed by atoms with van der Waals surface area (Å²) in [4.78, 5) is 34.1. The van der Waals surface area contributed by atoms with E-state index in [0.29, 0.717) is 5.56 Å². The zero-order valence-electron chi connectivity index (χ0n) is 11.6. The number of carboxylic acids is 2. The van der Waals surface area contributed by atoms with Crippen molar-refractivity contribution in [2.75, 3.05) is 5.32 Å². The summed E-state index contributed by atoms with van der Waals surface area (Å²) in [6.45, 7) is 1.68. The fraction of sp³-hybridized carbons (Fsp3) is 0.0625. The quantitative estimate of drug-likeness (QED) is 0.852. The summed E-state index contributed by atoms with van der Waals surface area (Å²) in [5, 5.41) is 24.4. The highest BCUT2D eigenvalue weighted by Crippen LogP contribution is 2.18. The van der Waals surface area contributed by atoms with E-state index in [-0.39, 0.29) is 22.4 Å². The van der Waals surface area contributed by atoms with Gasteiger partial charge in [-0.2, -0.15) is 0 Å². The van der Waals surface area contributed by atoms with Crippen molar-refractivity contribution >= 4 is 23.5 Å². The van der Waals surface area contributed by atoms with E-state index in [1.54, 1.807) is 6.92 Å². The molecule has 0 aromatic heterocycles. The second-order valence-electron chi connectivity index (χ2n) is 4.60. The van der Waals surface area contributed by atoms with Gasteiger partial charge in [0, 0.05) is 16.8 Å². The molecule has 0 saturated heterocycles. The third kappa shape index (κ3) is 3.12. The summed E-state index contributed by atoms with van der Waals surface area (Å²) in [5.41, 5.74) is 0.493. The van der Waals surface area contributed by atoms with Crippen LogP contribution in [0.25, 0.3) is 0 Å². The Labute approximate surface area is 126 Å². The van der Waals surface area contributed by atoms with Gasteiger partial charge in [0.05, 0.1) is 11.9 Å². The fourth-order valence-corrected chi connectivity index (χ4v) is 1.93. The van der Waals surface area contributed by atoms with Crippen LogP contribution < -0.4 is 15.5 Å². The Morgan fingerprint density at radius 3 is 2.14 bits per heavy atom. The Bertz CT molecular complexity index is 767. The predicted octanol–water partition coefficient (Wildman–Crippen LogP) is -0.0257. The zero-order chi connectivity index (χ0) is 16.3. The lowest BCUT2D eigenvalue weighted by Crippen LogP contribution is -2.26. The van der Waals surface area contributed by atoms with Crippen LogP contribution in [0, 0.1) is 6.92 Å². The molecule has 0 aliphatic carbocycles. The van der Waals surface area contributed by atoms with E-state index in [1.165, 1.54) is 42.5 Å². The molecular formula is C16H11NO5-2. The summed E-state index contributed by atoms with van der Waals surface area (Å²) in [5.74, 6) is -3.50. The van der Waals surface area contributed by atoms with Gasteiger partial charge in [-0.25, -0.2) is 0 Å². The van der Waals surface area contributed by atoms with Gasteiger partial charge in [0.25, 0.3) is 5.91 Å². The monoisotopic (exact) mass is 297 g/mol. The number of carbonyl (C=O) groups is 3. The van der Waals surface area contributed by atoms with Crippen molar-refractivity contribution in [3.8, 4) is 0 Å². The van der Waals surface area contributed by atoms with Gasteiger partial charge in [-0.1, -0.05) is 30.3 Å². The third-order valence-corrected chi connectivity index (χ3v) is 3.11. The summed E-state index contributed by atoms with van der Waals surface area (Å²) in [7, 11) is 0. The first-order chi connectivity index (χ1) is 10.4. The summed E-state index contributed by atoms with van der Waals surface area (Å²) >= 11 is 0. The molecule has 0 heterocycles. The molecule has 0 saturated carbocycles. The van der Waals surface area contributed by atoms with Crippen molar-refractivity contribution < 1.29 is 24.6 Å². The van der Waals surface area contributed by atoms with Crippen molar-refractivity contribution in [3.63, 3.8) is 0 Å². The molecule has 0 fully saturated rings. The van der Waals surface area contributed by atoms with Gasteiger partial charge in [0.15, 0.2) is 0 Å². The lowest BCUT2D eigenvalue weighted by molar-refractivity contribution is -0.256. The lowest BCUT2D eigenvalue weighted by Gasteiger charge is -2.13. The van der Waals surface area contributed by atoms with Crippen LogP contribution in [-0.2, 0) is 0 Å². The first-order valence-corrected chi connectivity index (χ1v) is 6.34. The first kappa shape index (κ1) is 15.2. The van der Waals surface area contributed by atoms with Gasteiger partial charge in [-0.3, -0.25) is 4.79 Å². The molecular weight excluding hydrogens is 286 g/mol. The third-order valence-electron chi connectivity index (χ3n) is 3.11. The van der Waals surface area contributed by atoms with Crippen LogP contribution in [-0.4, -0.2) is 17.8 Å². The Hall–Kier alpha value is -3.15. The molecule has 2 aromatic carbocycles. The Morgan fingerprint density at radius 1 is 0.909 bits per heavy atom. The molecule has 0 unspecified atom stereocenters. The number of rotatable bonds is 4. The zero-order valence-corrected chi connectivity index (χ0v) is 11.6. The Morgan fingerprint density at radius 2 is 1.55 bits per heavy atom. The van der Waals surface area contributed by atoms with E-state index < -0.39 is 17.8 Å². The highest BCUT2D eigenvalue weighted by Gasteiger charge is 2.13. The largest absolute Gasteiger partial charge is 0.545 e. The van der Waals surface area contributed by atoms with Crippen LogP contribution in [0.4, 0.5) is 5.69 Å². The molecule has 22 heavy (non-hydrogen) atoms. The number of amides is 1. The van der Waals surface area contributed by atoms with Crippen molar-refractivity contribution in [2.24, 2.45) is 0 Å². The highest BCUT2D eigenvalue weighted by molar-refractivity contribution is 6.10. The molecule has 0 radical (unpaired) electrons. The van der Waals surface area contributed by atoms with Crippen LogP contribution in [0.5, 0.6) is 0 Å². The minimum absolute atomic E-state index is 0.0687. The number of hydrogen-bond acceptors (Lipinski definition) is 5. The van der Waals surface area contributed by atoms with E-state index in [2.05, 4.69) is 5.32 Å². The maximum Gasteiger partial charge on any atom is 0.256 e. The van der Waals surface area contributed by atoms with E-state index in [0.717, 1.165) is 0 Å². The maximum absolute atomic E-state index is 12.2. The standard InChI is InChI=1S/C16H13NO5/c1-9-6-7-10(15(19)20)8-13(9)17-14(18)11-4-2-3-5-12(11)16(21)22/h2-8H,1H3,(H,17,18)(H,19,20)(H,21,22)/p-2. The molecule has 2 aromatic rings. The van der Waals surface area contributed by atoms with Crippen LogP contribution >= 0.6 is 0 Å². The summed E-state index contributed by atoms with van der Waals surface area (Å²) in [6.07, 6.45) is 0. The van der Waals surface area contributed by atoms with Gasteiger partial charge in [0.2, 0.25) is 0 Å². The number of nitrogens with one attached hydrogen (secondary N) is 1. The van der Waals surface area contributed by atoms with Gasteiger partial charge in [0.1, 0.15) is 0 Å². The van der Waals surface area contributed by atoms with E-state index in [9.17, 15) is 24.6 Å². The van der Waals surface area contributed by atoms with Crippen LogP contribution in [0.15, 0.2) is 42.5 Å². The minimum Gasteiger partial charge on any atom is -0.545 e. The van der Waals surface area contributed by atoms with Gasteiger partial charge < -0.3 is 25.1 Å². The lowest BCUT2D eigenvalue weighted by atomic mass is 10.1. The van der Waals surface area contributed by atoms with Crippen LogP contribution in [0.2, 0.25) is 0 Å². The Balaban J connectivity index is 2.36. The number of anilines is 1. The predicted molar refractivity (Wildman–Crippen MR) is 74.2 cm³/mol. The average Bonchev–Trinajstić information content (AvgIpc) is 2.49. The number of aryl methyl sites for hydroxylation is 1. The molecule has 0 spiro atoms. The molecule has 6 heteroatoms. The van der Waals surface area contributed by atoms with E-state index in [1.807, 2.05) is 0 Å². The molecule has 1 amide bonds. The van der Waals surface area contributed by atoms with Gasteiger partial charge in [-0.15, -0.1) is 0 Å². The number of hydrogen-bond donors (Lipinski definition) is 1. The number of aromatic carboxylic acids is 2. The molecule has 2 rings (SSSR count). The van der Waals surface area contributed by atoms with Gasteiger partial charge >= 0.3 is 0 Å². The highest BCUT2D eigenvalue weighted by atomic mass is 16.4. The topological polar surface area (TPSA) is 109 Å². The van der Waals surface area contributed by atoms with Crippen LogP contribution in [0.3, 0.4) is 0 Å². The van der Waals surface area contributed by atoms with Crippen molar-refractivity contribution in [2.45, 2.75) is 6.92 Å². The van der Waals surface area contributed by atoms with E-state index >= 15 is 0 Å². The van der Waals surface area contributed by atoms with E-state index in [4.69, 9.17) is 0 Å². The second-order valence-corrected chi connectivity index (χ2v) is 4.60. The van der Waals surface area contributed by atoms with Crippen LogP contribution in [0.1, 0.15) is 36.6 Å². The molecule has 6 nitrogen and oxygen atoms in total. The SMILES string of the molecule is Cc1ccc(C(=O)[O-])cc1NC(=O)c1ccccc1C(=O)[O-]. The molecule has 0 bridgehead atoms. The average molecular weight is 297 g/mol. The number of carboxylic acid groups (broad SMARTS) is 2. The van der Waals surface area contributed by atoms with Crippen molar-refractivity contribution in [1.29, 1.82) is 0 Å². The molecule has 0 aliphatic heterocycles. The summed E-state index contributed by atoms with van der Waals surface area (Å²) < 4.78 is 0. The molecule has 0 atom stereocenters. The minimum atomic E-state index is -1.47. The van der Waals surface area contributed by atoms with Crippen molar-refractivity contribution in [3.05, 3.63) is 64.7 Å². The first-order valence-electron chi connectivity index (χ1n) is 6.34. The normalized spacial score (nSPS) is 10.0. The molecule has 1 N–H and O–H groups in total. The fourth-order valence-electron chi connectivity index (χ4n) is 1.93. The second kappa shape index (κ2) is 6.09. The Kier molecular flexibility index (Phi) is 4.22. The van der Waals surface area contributed by atoms with Gasteiger partial charge in [-0.05, 0) is 30.2 Å². The van der Waals surface area contributed by atoms with Crippen molar-refractivity contribution in [1.82, 2.24) is 0 Å². The molecule has 0 aliphatic rings.